The molecule has 4 rings (SSSR count). The van der Waals surface area contributed by atoms with Crippen LogP contribution in [0.1, 0.15) is 45.2 Å². The maximum Gasteiger partial charge on any atom is 0.129 e. The minimum absolute atomic E-state index is 0.0383. The first-order valence-corrected chi connectivity index (χ1v) is 12.0. The van der Waals surface area contributed by atoms with E-state index in [2.05, 4.69) is 50.8 Å². The van der Waals surface area contributed by atoms with Crippen molar-refractivity contribution in [3.63, 3.8) is 0 Å². The molecule has 35 heavy (non-hydrogen) atoms. The van der Waals surface area contributed by atoms with E-state index in [1.165, 1.54) is 16.8 Å². The molecule has 0 spiro atoms. The van der Waals surface area contributed by atoms with E-state index in [1.54, 1.807) is 14.2 Å². The van der Waals surface area contributed by atoms with Gasteiger partial charge in [0.2, 0.25) is 0 Å². The van der Waals surface area contributed by atoms with Crippen LogP contribution in [0.3, 0.4) is 0 Å². The summed E-state index contributed by atoms with van der Waals surface area (Å²) in [4.78, 5) is 7.16. The second-order valence-electron chi connectivity index (χ2n) is 9.27. The Morgan fingerprint density at radius 3 is 2.11 bits per heavy atom. The Balaban J connectivity index is 1.56. The lowest BCUT2D eigenvalue weighted by Crippen LogP contribution is -2.45. The van der Waals surface area contributed by atoms with E-state index in [0.29, 0.717) is 0 Å². The molecule has 0 atom stereocenters. The van der Waals surface area contributed by atoms with Gasteiger partial charge in [-0.1, -0.05) is 13.0 Å². The molecular formula is C30H34N2O3. The van der Waals surface area contributed by atoms with Crippen molar-refractivity contribution in [1.82, 2.24) is 0 Å². The first-order valence-electron chi connectivity index (χ1n) is 12.0. The van der Waals surface area contributed by atoms with Crippen LogP contribution in [-0.4, -0.2) is 32.5 Å². The predicted molar refractivity (Wildman–Crippen MR) is 145 cm³/mol. The minimum atomic E-state index is -0.0383. The molecule has 1 aliphatic rings. The van der Waals surface area contributed by atoms with Crippen LogP contribution in [0.2, 0.25) is 0 Å². The lowest BCUT2D eigenvalue weighted by molar-refractivity contribution is 0.413. The van der Waals surface area contributed by atoms with Crippen LogP contribution < -0.4 is 19.1 Å². The summed E-state index contributed by atoms with van der Waals surface area (Å²) in [7, 11) is 3.36. The molecule has 1 aliphatic heterocycles. The molecule has 3 aromatic rings. The number of hydrogen-bond acceptors (Lipinski definition) is 5. The molecule has 0 unspecified atom stereocenters. The smallest absolute Gasteiger partial charge is 0.129 e. The second kappa shape index (κ2) is 10.3. The molecule has 0 aromatic heterocycles. The highest BCUT2D eigenvalue weighted by Gasteiger charge is 2.31. The summed E-state index contributed by atoms with van der Waals surface area (Å²) in [6.07, 6.45) is 5.30. The number of methoxy groups -OCH3 is 2. The van der Waals surface area contributed by atoms with Gasteiger partial charge in [-0.15, -0.1) is 0 Å². The third kappa shape index (κ3) is 5.35. The average Bonchev–Trinajstić information content (AvgIpc) is 2.86. The molecule has 0 bridgehead atoms. The number of aliphatic imine (C=N–C) groups is 1. The van der Waals surface area contributed by atoms with E-state index in [9.17, 15) is 0 Å². The van der Waals surface area contributed by atoms with Gasteiger partial charge < -0.3 is 19.1 Å². The fraction of sp³-hybridized carbons (Fsp3) is 0.300. The molecule has 0 saturated carbocycles. The summed E-state index contributed by atoms with van der Waals surface area (Å²) in [6.45, 7) is 9.91. The number of fused-ring (bicyclic) bond motifs is 1. The van der Waals surface area contributed by atoms with Crippen LogP contribution >= 0.6 is 0 Å². The summed E-state index contributed by atoms with van der Waals surface area (Å²) in [6, 6.07) is 19.6. The first-order chi connectivity index (χ1) is 16.8. The molecule has 3 aromatic carbocycles. The Kier molecular flexibility index (Phi) is 7.15. The second-order valence-corrected chi connectivity index (χ2v) is 9.27. The standard InChI is InChI=1S/C30H34N2O3/c1-7-16-32-28-18-29(34-6)22(17-27(28)21(2)19-30(32,3)4)20-31-23-8-10-25(11-9-23)35-26-14-12-24(33-5)13-15-26/h8-15,17-20H,7,16H2,1-6H3. The average molecular weight is 471 g/mol. The Bertz CT molecular complexity index is 1230. The summed E-state index contributed by atoms with van der Waals surface area (Å²) >= 11 is 0. The number of hydrogen-bond donors (Lipinski definition) is 0. The van der Waals surface area contributed by atoms with Crippen LogP contribution in [-0.2, 0) is 0 Å². The van der Waals surface area contributed by atoms with E-state index in [0.717, 1.165) is 47.2 Å². The molecule has 0 saturated heterocycles. The van der Waals surface area contributed by atoms with Gasteiger partial charge in [0.1, 0.15) is 23.0 Å². The molecular weight excluding hydrogens is 436 g/mol. The van der Waals surface area contributed by atoms with Crippen molar-refractivity contribution in [2.45, 2.75) is 39.7 Å². The number of allylic oxidation sites excluding steroid dienone is 1. The molecule has 0 N–H and O–H groups in total. The third-order valence-electron chi connectivity index (χ3n) is 6.26. The molecule has 0 radical (unpaired) electrons. The van der Waals surface area contributed by atoms with Gasteiger partial charge in [0.05, 0.1) is 25.4 Å². The van der Waals surface area contributed by atoms with Gasteiger partial charge in [-0.25, -0.2) is 0 Å². The van der Waals surface area contributed by atoms with E-state index in [1.807, 2.05) is 54.7 Å². The number of anilines is 1. The zero-order valence-corrected chi connectivity index (χ0v) is 21.5. The molecule has 5 nitrogen and oxygen atoms in total. The Morgan fingerprint density at radius 2 is 1.51 bits per heavy atom. The zero-order valence-electron chi connectivity index (χ0n) is 21.5. The fourth-order valence-electron chi connectivity index (χ4n) is 4.56. The fourth-order valence-corrected chi connectivity index (χ4v) is 4.56. The van der Waals surface area contributed by atoms with Crippen LogP contribution in [0.25, 0.3) is 5.57 Å². The van der Waals surface area contributed by atoms with Gasteiger partial charge in [-0.3, -0.25) is 4.99 Å². The molecule has 0 aliphatic carbocycles. The van der Waals surface area contributed by atoms with Gasteiger partial charge in [0.25, 0.3) is 0 Å². The highest BCUT2D eigenvalue weighted by Crippen LogP contribution is 2.42. The van der Waals surface area contributed by atoms with Crippen LogP contribution in [0.5, 0.6) is 23.0 Å². The summed E-state index contributed by atoms with van der Waals surface area (Å²) in [5.74, 6) is 3.12. The largest absolute Gasteiger partial charge is 0.497 e. The number of rotatable bonds is 8. The Labute approximate surface area is 208 Å². The maximum atomic E-state index is 5.91. The lowest BCUT2D eigenvalue weighted by atomic mass is 9.87. The summed E-state index contributed by atoms with van der Waals surface area (Å²) < 4.78 is 16.9. The SMILES string of the molecule is CCCN1c2cc(OC)c(C=Nc3ccc(Oc4ccc(OC)cc4)cc3)cc2C(C)=CC1(C)C. The summed E-state index contributed by atoms with van der Waals surface area (Å²) in [5.41, 5.74) is 5.47. The number of benzene rings is 3. The van der Waals surface area contributed by atoms with Gasteiger partial charge in [0.15, 0.2) is 0 Å². The minimum Gasteiger partial charge on any atom is -0.497 e. The van der Waals surface area contributed by atoms with Crippen molar-refractivity contribution in [3.8, 4) is 23.0 Å². The third-order valence-corrected chi connectivity index (χ3v) is 6.26. The van der Waals surface area contributed by atoms with Gasteiger partial charge in [0, 0.05) is 35.6 Å². The van der Waals surface area contributed by atoms with Crippen molar-refractivity contribution >= 4 is 23.2 Å². The van der Waals surface area contributed by atoms with Gasteiger partial charge in [-0.2, -0.15) is 0 Å². The zero-order chi connectivity index (χ0) is 25.0. The Hall–Kier alpha value is -3.73. The molecule has 1 heterocycles. The highest BCUT2D eigenvalue weighted by molar-refractivity contribution is 5.92. The van der Waals surface area contributed by atoms with Crippen LogP contribution in [0.15, 0.2) is 71.7 Å². The monoisotopic (exact) mass is 470 g/mol. The quantitative estimate of drug-likeness (QED) is 0.317. The van der Waals surface area contributed by atoms with E-state index < -0.39 is 0 Å². The lowest BCUT2D eigenvalue weighted by Gasteiger charge is -2.43. The Morgan fingerprint density at radius 1 is 0.886 bits per heavy atom. The molecule has 0 fully saturated rings. The topological polar surface area (TPSA) is 43.3 Å². The number of ether oxygens (including phenoxy) is 3. The van der Waals surface area contributed by atoms with E-state index in [-0.39, 0.29) is 5.54 Å². The van der Waals surface area contributed by atoms with Gasteiger partial charge >= 0.3 is 0 Å². The van der Waals surface area contributed by atoms with Crippen molar-refractivity contribution in [3.05, 3.63) is 77.9 Å². The van der Waals surface area contributed by atoms with Crippen LogP contribution in [0, 0.1) is 0 Å². The summed E-state index contributed by atoms with van der Waals surface area (Å²) in [5, 5.41) is 0. The number of nitrogens with zero attached hydrogens (tertiary/aromatic N) is 2. The van der Waals surface area contributed by atoms with Crippen LogP contribution in [0.4, 0.5) is 11.4 Å². The highest BCUT2D eigenvalue weighted by atomic mass is 16.5. The van der Waals surface area contributed by atoms with E-state index >= 15 is 0 Å². The molecule has 0 amide bonds. The van der Waals surface area contributed by atoms with Gasteiger partial charge in [-0.05, 0) is 87.4 Å². The normalized spacial score (nSPS) is 14.5. The van der Waals surface area contributed by atoms with Crippen molar-refractivity contribution < 1.29 is 14.2 Å². The maximum absolute atomic E-state index is 5.91. The molecule has 182 valence electrons. The first kappa shape index (κ1) is 24.4. The predicted octanol–water partition coefficient (Wildman–Crippen LogP) is 7.66. The van der Waals surface area contributed by atoms with Crippen molar-refractivity contribution in [2.75, 3.05) is 25.7 Å². The van der Waals surface area contributed by atoms with E-state index in [4.69, 9.17) is 19.2 Å². The van der Waals surface area contributed by atoms with Crippen molar-refractivity contribution in [1.29, 1.82) is 0 Å². The molecule has 5 heteroatoms. The van der Waals surface area contributed by atoms with Crippen molar-refractivity contribution in [2.24, 2.45) is 4.99 Å².